The van der Waals surface area contributed by atoms with Crippen LogP contribution in [0, 0.1) is 23.7 Å². The third-order valence-electron chi connectivity index (χ3n) is 4.24. The topological polar surface area (TPSA) is 66.4 Å². The van der Waals surface area contributed by atoms with Crippen molar-refractivity contribution in [2.45, 2.75) is 6.42 Å². The van der Waals surface area contributed by atoms with Crippen LogP contribution < -0.4 is 5.32 Å². The maximum Gasteiger partial charge on any atom is 0.307 e. The van der Waals surface area contributed by atoms with Gasteiger partial charge in [-0.15, -0.1) is 0 Å². The van der Waals surface area contributed by atoms with E-state index in [0.29, 0.717) is 15.7 Å². The lowest BCUT2D eigenvalue weighted by Crippen LogP contribution is -2.36. The van der Waals surface area contributed by atoms with Crippen LogP contribution in [0.3, 0.4) is 0 Å². The van der Waals surface area contributed by atoms with Crippen molar-refractivity contribution in [3.8, 4) is 0 Å². The van der Waals surface area contributed by atoms with Crippen LogP contribution in [0.1, 0.15) is 6.42 Å². The molecule has 0 aliphatic heterocycles. The maximum atomic E-state index is 12.5. The number of carboxylic acid groups (broad SMARTS) is 1. The largest absolute Gasteiger partial charge is 0.481 e. The summed E-state index contributed by atoms with van der Waals surface area (Å²) >= 11 is 11.8. The minimum Gasteiger partial charge on any atom is -0.481 e. The number of hydrogen-bond donors (Lipinski definition) is 2. The molecular weight excluding hydrogens is 313 g/mol. The monoisotopic (exact) mass is 325 g/mol. The molecule has 1 aromatic carbocycles. The number of fused-ring (bicyclic) bond motifs is 2. The number of rotatable bonds is 3. The second-order valence-corrected chi connectivity index (χ2v) is 6.30. The smallest absolute Gasteiger partial charge is 0.307 e. The summed E-state index contributed by atoms with van der Waals surface area (Å²) in [6, 6.07) is 4.77. The van der Waals surface area contributed by atoms with Crippen molar-refractivity contribution in [1.29, 1.82) is 0 Å². The summed E-state index contributed by atoms with van der Waals surface area (Å²) in [5, 5.41) is 12.9. The number of benzene rings is 1. The van der Waals surface area contributed by atoms with Gasteiger partial charge in [-0.25, -0.2) is 0 Å². The highest BCUT2D eigenvalue weighted by atomic mass is 35.5. The Hall–Kier alpha value is -1.52. The summed E-state index contributed by atoms with van der Waals surface area (Å²) in [4.78, 5) is 23.9. The van der Waals surface area contributed by atoms with Gasteiger partial charge in [-0.2, -0.15) is 0 Å². The molecule has 1 aromatic rings. The van der Waals surface area contributed by atoms with Crippen LogP contribution in [0.25, 0.3) is 0 Å². The molecule has 0 saturated heterocycles. The molecule has 1 saturated carbocycles. The van der Waals surface area contributed by atoms with Crippen LogP contribution in [0.15, 0.2) is 30.4 Å². The van der Waals surface area contributed by atoms with E-state index in [1.807, 2.05) is 12.2 Å². The third-order valence-corrected chi connectivity index (χ3v) is 4.78. The molecule has 6 heteroatoms. The van der Waals surface area contributed by atoms with Crippen molar-refractivity contribution >= 4 is 40.8 Å². The lowest BCUT2D eigenvalue weighted by molar-refractivity contribution is -0.146. The summed E-state index contributed by atoms with van der Waals surface area (Å²) < 4.78 is 0. The second kappa shape index (κ2) is 5.35. The highest BCUT2D eigenvalue weighted by Crippen LogP contribution is 2.48. The van der Waals surface area contributed by atoms with Gasteiger partial charge in [0.1, 0.15) is 0 Å². The van der Waals surface area contributed by atoms with Gasteiger partial charge >= 0.3 is 5.97 Å². The lowest BCUT2D eigenvalue weighted by atomic mass is 9.82. The minimum atomic E-state index is -0.922. The van der Waals surface area contributed by atoms with Crippen LogP contribution in [-0.4, -0.2) is 17.0 Å². The SMILES string of the molecule is O=C(Nc1ccc(Cl)cc1Cl)[C@@H]1[C@H](C(=O)O)[C@H]2C=C[C@H]1C2. The Morgan fingerprint density at radius 2 is 1.81 bits per heavy atom. The Kier molecular flexibility index (Phi) is 3.68. The van der Waals surface area contributed by atoms with Gasteiger partial charge in [0.2, 0.25) is 5.91 Å². The van der Waals surface area contributed by atoms with Crippen LogP contribution in [-0.2, 0) is 9.59 Å². The van der Waals surface area contributed by atoms with Gasteiger partial charge in [0.05, 0.1) is 22.5 Å². The first-order valence-corrected chi connectivity index (χ1v) is 7.40. The van der Waals surface area contributed by atoms with Crippen molar-refractivity contribution in [3.63, 3.8) is 0 Å². The molecule has 1 fully saturated rings. The number of allylic oxidation sites excluding steroid dienone is 2. The summed E-state index contributed by atoms with van der Waals surface area (Å²) in [6.07, 6.45) is 4.57. The number of carbonyl (C=O) groups is 2. The Labute approximate surface area is 131 Å². The van der Waals surface area contributed by atoms with Gasteiger partial charge in [-0.3, -0.25) is 9.59 Å². The number of carboxylic acids is 1. The highest BCUT2D eigenvalue weighted by Gasteiger charge is 2.51. The van der Waals surface area contributed by atoms with Crippen molar-refractivity contribution < 1.29 is 14.7 Å². The number of aliphatic carboxylic acids is 1. The Morgan fingerprint density at radius 3 is 2.43 bits per heavy atom. The Bertz CT molecular complexity index is 644. The van der Waals surface area contributed by atoms with E-state index < -0.39 is 17.8 Å². The number of amides is 1. The number of carbonyl (C=O) groups excluding carboxylic acids is 1. The molecule has 21 heavy (non-hydrogen) atoms. The van der Waals surface area contributed by atoms with Crippen LogP contribution in [0.5, 0.6) is 0 Å². The summed E-state index contributed by atoms with van der Waals surface area (Å²) in [5.74, 6) is -2.50. The van der Waals surface area contributed by atoms with Crippen molar-refractivity contribution in [1.82, 2.24) is 0 Å². The standard InChI is InChI=1S/C15H13Cl2NO3/c16-9-3-4-11(10(17)6-9)18-14(19)12-7-1-2-8(5-7)13(12)15(20)21/h1-4,6-8,12-13H,5H2,(H,18,19)(H,20,21)/t7-,8-,12-,13+/m0/s1. The summed E-state index contributed by atoms with van der Waals surface area (Å²) in [5.41, 5.74) is 0.446. The molecule has 2 N–H and O–H groups in total. The molecule has 1 amide bonds. The number of hydrogen-bond acceptors (Lipinski definition) is 2. The van der Waals surface area contributed by atoms with Crippen LogP contribution in [0.4, 0.5) is 5.69 Å². The van der Waals surface area contributed by atoms with E-state index in [9.17, 15) is 14.7 Å². The molecule has 2 aliphatic rings. The van der Waals surface area contributed by atoms with Gasteiger partial charge < -0.3 is 10.4 Å². The van der Waals surface area contributed by atoms with Gasteiger partial charge in [-0.05, 0) is 36.5 Å². The molecule has 2 aliphatic carbocycles. The number of anilines is 1. The fraction of sp³-hybridized carbons (Fsp3) is 0.333. The zero-order chi connectivity index (χ0) is 15.1. The predicted molar refractivity (Wildman–Crippen MR) is 80.4 cm³/mol. The first-order valence-electron chi connectivity index (χ1n) is 6.64. The quantitative estimate of drug-likeness (QED) is 0.836. The predicted octanol–water partition coefficient (Wildman–Crippen LogP) is 3.45. The average molecular weight is 326 g/mol. The molecule has 0 heterocycles. The Morgan fingerprint density at radius 1 is 1.14 bits per heavy atom. The van der Waals surface area contributed by atoms with E-state index >= 15 is 0 Å². The molecule has 0 aromatic heterocycles. The molecule has 4 nitrogen and oxygen atoms in total. The number of nitrogens with one attached hydrogen (secondary N) is 1. The van der Waals surface area contributed by atoms with E-state index in [2.05, 4.69) is 5.32 Å². The van der Waals surface area contributed by atoms with E-state index in [1.54, 1.807) is 12.1 Å². The molecule has 2 bridgehead atoms. The third kappa shape index (κ3) is 2.54. The second-order valence-electron chi connectivity index (χ2n) is 5.45. The van der Waals surface area contributed by atoms with E-state index in [0.717, 1.165) is 6.42 Å². The fourth-order valence-corrected chi connectivity index (χ4v) is 3.78. The van der Waals surface area contributed by atoms with E-state index in [-0.39, 0.29) is 17.7 Å². The molecule has 0 spiro atoms. The molecule has 0 unspecified atom stereocenters. The van der Waals surface area contributed by atoms with Crippen molar-refractivity contribution in [2.75, 3.05) is 5.32 Å². The normalized spacial score (nSPS) is 29.6. The number of halogens is 2. The molecule has 3 rings (SSSR count). The average Bonchev–Trinajstić information content (AvgIpc) is 3.02. The summed E-state index contributed by atoms with van der Waals surface area (Å²) in [6.45, 7) is 0. The van der Waals surface area contributed by atoms with Gasteiger partial charge in [-0.1, -0.05) is 35.4 Å². The van der Waals surface area contributed by atoms with Crippen molar-refractivity contribution in [2.24, 2.45) is 23.7 Å². The molecule has 110 valence electrons. The minimum absolute atomic E-state index is 0.0119. The van der Waals surface area contributed by atoms with E-state index in [4.69, 9.17) is 23.2 Å². The zero-order valence-corrected chi connectivity index (χ0v) is 12.4. The van der Waals surface area contributed by atoms with Crippen LogP contribution >= 0.6 is 23.2 Å². The molecule has 4 atom stereocenters. The van der Waals surface area contributed by atoms with Crippen LogP contribution in [0.2, 0.25) is 10.0 Å². The fourth-order valence-electron chi connectivity index (χ4n) is 3.32. The van der Waals surface area contributed by atoms with Gasteiger partial charge in [0, 0.05) is 5.02 Å². The first kappa shape index (κ1) is 14.4. The molecular formula is C15H13Cl2NO3. The summed E-state index contributed by atoms with van der Waals surface area (Å²) in [7, 11) is 0. The Balaban J connectivity index is 1.82. The highest BCUT2D eigenvalue weighted by molar-refractivity contribution is 6.36. The van der Waals surface area contributed by atoms with E-state index in [1.165, 1.54) is 6.07 Å². The van der Waals surface area contributed by atoms with Gasteiger partial charge in [0.15, 0.2) is 0 Å². The van der Waals surface area contributed by atoms with Gasteiger partial charge in [0.25, 0.3) is 0 Å². The molecule has 0 radical (unpaired) electrons. The lowest BCUT2D eigenvalue weighted by Gasteiger charge is -2.24. The zero-order valence-electron chi connectivity index (χ0n) is 10.9. The van der Waals surface area contributed by atoms with Crippen molar-refractivity contribution in [3.05, 3.63) is 40.4 Å². The first-order chi connectivity index (χ1) is 9.97. The maximum absolute atomic E-state index is 12.5.